The van der Waals surface area contributed by atoms with E-state index in [1.165, 1.54) is 19.3 Å². The number of unbranched alkanes of at least 4 members (excludes halogenated alkanes) is 3. The standard InChI is InChI=1S/C20H32O2/c1-5-6-7-11-14-18(15-16-20(2,3)4)22-19(21)17-12-9-8-10-13-17/h8-10,12-13,18H,5-7,11,14-16H2,1-4H3. The number of rotatable bonds is 9. The third kappa shape index (κ3) is 8.21. The van der Waals surface area contributed by atoms with Crippen molar-refractivity contribution < 1.29 is 9.53 Å². The van der Waals surface area contributed by atoms with Crippen LogP contribution >= 0.6 is 0 Å². The summed E-state index contributed by atoms with van der Waals surface area (Å²) in [5.74, 6) is -0.185. The Balaban J connectivity index is 2.54. The molecule has 0 amide bonds. The van der Waals surface area contributed by atoms with Crippen LogP contribution in [0.1, 0.15) is 83.0 Å². The van der Waals surface area contributed by atoms with E-state index in [0.29, 0.717) is 5.56 Å². The van der Waals surface area contributed by atoms with Crippen molar-refractivity contribution in [2.75, 3.05) is 0 Å². The molecule has 124 valence electrons. The maximum Gasteiger partial charge on any atom is 0.338 e. The Bertz CT molecular complexity index is 417. The monoisotopic (exact) mass is 304 g/mol. The van der Waals surface area contributed by atoms with E-state index in [1.807, 2.05) is 30.3 Å². The van der Waals surface area contributed by atoms with Crippen LogP contribution < -0.4 is 0 Å². The van der Waals surface area contributed by atoms with Gasteiger partial charge in [-0.15, -0.1) is 0 Å². The van der Waals surface area contributed by atoms with Crippen LogP contribution in [-0.4, -0.2) is 12.1 Å². The molecule has 2 heteroatoms. The number of ether oxygens (including phenoxy) is 1. The van der Waals surface area contributed by atoms with Crippen LogP contribution in [0, 0.1) is 5.41 Å². The Labute approximate surface area is 136 Å². The van der Waals surface area contributed by atoms with Crippen LogP contribution in [0.4, 0.5) is 0 Å². The van der Waals surface area contributed by atoms with E-state index in [-0.39, 0.29) is 17.5 Å². The van der Waals surface area contributed by atoms with Gasteiger partial charge < -0.3 is 4.74 Å². The van der Waals surface area contributed by atoms with Crippen molar-refractivity contribution >= 4 is 5.97 Å². The molecule has 0 radical (unpaired) electrons. The number of esters is 1. The zero-order valence-corrected chi connectivity index (χ0v) is 14.7. The molecule has 1 unspecified atom stereocenters. The molecule has 0 N–H and O–H groups in total. The molecule has 1 rings (SSSR count). The minimum absolute atomic E-state index is 0.0452. The minimum atomic E-state index is -0.185. The van der Waals surface area contributed by atoms with Gasteiger partial charge in [0.05, 0.1) is 5.56 Å². The van der Waals surface area contributed by atoms with E-state index in [1.54, 1.807) is 0 Å². The predicted molar refractivity (Wildman–Crippen MR) is 93.1 cm³/mol. The molecule has 1 aromatic carbocycles. The van der Waals surface area contributed by atoms with Gasteiger partial charge in [-0.25, -0.2) is 4.79 Å². The third-order valence-corrected chi connectivity index (χ3v) is 3.88. The predicted octanol–water partition coefficient (Wildman–Crippen LogP) is 6.01. The number of hydrogen-bond acceptors (Lipinski definition) is 2. The normalized spacial score (nSPS) is 12.9. The van der Waals surface area contributed by atoms with Crippen molar-refractivity contribution in [3.63, 3.8) is 0 Å². The topological polar surface area (TPSA) is 26.3 Å². The highest BCUT2D eigenvalue weighted by Crippen LogP contribution is 2.25. The summed E-state index contributed by atoms with van der Waals surface area (Å²) in [6, 6.07) is 9.31. The van der Waals surface area contributed by atoms with Gasteiger partial charge in [0.25, 0.3) is 0 Å². The Morgan fingerprint density at radius 3 is 2.32 bits per heavy atom. The summed E-state index contributed by atoms with van der Waals surface area (Å²) >= 11 is 0. The van der Waals surface area contributed by atoms with Crippen molar-refractivity contribution in [1.82, 2.24) is 0 Å². The van der Waals surface area contributed by atoms with E-state index in [2.05, 4.69) is 27.7 Å². The zero-order chi connectivity index (χ0) is 16.4. The number of benzene rings is 1. The lowest BCUT2D eigenvalue weighted by Crippen LogP contribution is -2.21. The Hall–Kier alpha value is -1.31. The molecule has 1 atom stereocenters. The van der Waals surface area contributed by atoms with E-state index in [9.17, 15) is 4.79 Å². The van der Waals surface area contributed by atoms with Crippen LogP contribution in [0.15, 0.2) is 30.3 Å². The summed E-state index contributed by atoms with van der Waals surface area (Å²) in [6.07, 6.45) is 7.92. The largest absolute Gasteiger partial charge is 0.459 e. The van der Waals surface area contributed by atoms with Gasteiger partial charge in [-0.3, -0.25) is 0 Å². The van der Waals surface area contributed by atoms with E-state index in [4.69, 9.17) is 4.74 Å². The molecule has 0 fully saturated rings. The molecular weight excluding hydrogens is 272 g/mol. The summed E-state index contributed by atoms with van der Waals surface area (Å²) in [5, 5.41) is 0. The van der Waals surface area contributed by atoms with Crippen LogP contribution in [0.3, 0.4) is 0 Å². The SMILES string of the molecule is CCCCCCC(CCC(C)(C)C)OC(=O)c1ccccc1. The molecule has 0 aliphatic heterocycles. The summed E-state index contributed by atoms with van der Waals surface area (Å²) in [6.45, 7) is 8.92. The molecule has 0 aromatic heterocycles. The maximum absolute atomic E-state index is 12.2. The molecule has 0 aliphatic carbocycles. The van der Waals surface area contributed by atoms with Crippen LogP contribution in [0.5, 0.6) is 0 Å². The van der Waals surface area contributed by atoms with Gasteiger partial charge in [-0.2, -0.15) is 0 Å². The molecule has 0 spiro atoms. The molecule has 0 bridgehead atoms. The fourth-order valence-corrected chi connectivity index (χ4v) is 2.45. The first kappa shape index (κ1) is 18.7. The second-order valence-corrected chi connectivity index (χ2v) is 7.34. The first-order chi connectivity index (χ1) is 10.4. The van der Waals surface area contributed by atoms with E-state index in [0.717, 1.165) is 25.7 Å². The summed E-state index contributed by atoms with van der Waals surface area (Å²) < 4.78 is 5.77. The lowest BCUT2D eigenvalue weighted by molar-refractivity contribution is 0.0227. The van der Waals surface area contributed by atoms with Gasteiger partial charge in [0.15, 0.2) is 0 Å². The smallest absolute Gasteiger partial charge is 0.338 e. The lowest BCUT2D eigenvalue weighted by Gasteiger charge is -2.23. The average Bonchev–Trinajstić information content (AvgIpc) is 2.48. The number of carbonyl (C=O) groups excluding carboxylic acids is 1. The number of hydrogen-bond donors (Lipinski definition) is 0. The van der Waals surface area contributed by atoms with E-state index >= 15 is 0 Å². The summed E-state index contributed by atoms with van der Waals surface area (Å²) in [7, 11) is 0. The molecule has 2 nitrogen and oxygen atoms in total. The van der Waals surface area contributed by atoms with Crippen molar-refractivity contribution in [3.05, 3.63) is 35.9 Å². The van der Waals surface area contributed by atoms with Gasteiger partial charge in [-0.05, 0) is 43.2 Å². The molecule has 22 heavy (non-hydrogen) atoms. The highest BCUT2D eigenvalue weighted by Gasteiger charge is 2.19. The molecule has 0 heterocycles. The highest BCUT2D eigenvalue weighted by molar-refractivity contribution is 5.89. The number of carbonyl (C=O) groups is 1. The van der Waals surface area contributed by atoms with Crippen LogP contribution in [0.2, 0.25) is 0 Å². The Morgan fingerprint density at radius 1 is 1.05 bits per heavy atom. The Morgan fingerprint density at radius 2 is 1.73 bits per heavy atom. The molecular formula is C20H32O2. The van der Waals surface area contributed by atoms with Gasteiger partial charge in [0.1, 0.15) is 6.10 Å². The van der Waals surface area contributed by atoms with E-state index < -0.39 is 0 Å². The van der Waals surface area contributed by atoms with Crippen LogP contribution in [-0.2, 0) is 4.74 Å². The van der Waals surface area contributed by atoms with Crippen LogP contribution in [0.25, 0.3) is 0 Å². The second-order valence-electron chi connectivity index (χ2n) is 7.34. The van der Waals surface area contributed by atoms with Gasteiger partial charge >= 0.3 is 5.97 Å². The fraction of sp³-hybridized carbons (Fsp3) is 0.650. The molecule has 0 aliphatic rings. The Kier molecular flexibility index (Phi) is 8.22. The summed E-state index contributed by atoms with van der Waals surface area (Å²) in [5.41, 5.74) is 0.928. The lowest BCUT2D eigenvalue weighted by atomic mass is 9.88. The van der Waals surface area contributed by atoms with Crippen molar-refractivity contribution in [2.45, 2.75) is 78.7 Å². The zero-order valence-electron chi connectivity index (χ0n) is 14.7. The third-order valence-electron chi connectivity index (χ3n) is 3.88. The van der Waals surface area contributed by atoms with Crippen molar-refractivity contribution in [2.24, 2.45) is 5.41 Å². The first-order valence-electron chi connectivity index (χ1n) is 8.68. The van der Waals surface area contributed by atoms with Crippen molar-refractivity contribution in [1.29, 1.82) is 0 Å². The summed E-state index contributed by atoms with van der Waals surface area (Å²) in [4.78, 5) is 12.2. The highest BCUT2D eigenvalue weighted by atomic mass is 16.5. The van der Waals surface area contributed by atoms with Gasteiger partial charge in [0, 0.05) is 0 Å². The fourth-order valence-electron chi connectivity index (χ4n) is 2.45. The maximum atomic E-state index is 12.2. The van der Waals surface area contributed by atoms with Crippen molar-refractivity contribution in [3.8, 4) is 0 Å². The molecule has 0 saturated heterocycles. The molecule has 0 saturated carbocycles. The molecule has 1 aromatic rings. The minimum Gasteiger partial charge on any atom is -0.459 e. The van der Waals surface area contributed by atoms with Gasteiger partial charge in [-0.1, -0.05) is 65.2 Å². The quantitative estimate of drug-likeness (QED) is 0.412. The first-order valence-corrected chi connectivity index (χ1v) is 8.68. The van der Waals surface area contributed by atoms with Gasteiger partial charge in [0.2, 0.25) is 0 Å². The second kappa shape index (κ2) is 9.66. The average molecular weight is 304 g/mol.